The van der Waals surface area contributed by atoms with Gasteiger partial charge in [0.25, 0.3) is 5.91 Å². The molecule has 2 N–H and O–H groups in total. The van der Waals surface area contributed by atoms with Crippen molar-refractivity contribution in [3.05, 3.63) is 35.6 Å². The summed E-state index contributed by atoms with van der Waals surface area (Å²) >= 11 is 5.29. The van der Waals surface area contributed by atoms with Crippen molar-refractivity contribution in [2.24, 2.45) is 0 Å². The predicted molar refractivity (Wildman–Crippen MR) is 128 cm³/mol. The van der Waals surface area contributed by atoms with Crippen LogP contribution in [0.3, 0.4) is 0 Å². The van der Waals surface area contributed by atoms with Crippen molar-refractivity contribution < 1.29 is 23.5 Å². The van der Waals surface area contributed by atoms with Gasteiger partial charge in [-0.3, -0.25) is 15.0 Å². The first-order valence-corrected chi connectivity index (χ1v) is 11.3. The lowest BCUT2D eigenvalue weighted by Crippen LogP contribution is -2.76. The second kappa shape index (κ2) is 11.7. The highest BCUT2D eigenvalue weighted by atomic mass is 32.1. The van der Waals surface area contributed by atoms with Crippen molar-refractivity contribution >= 4 is 29.2 Å². The van der Waals surface area contributed by atoms with Crippen molar-refractivity contribution in [1.82, 2.24) is 20.4 Å². The van der Waals surface area contributed by atoms with Gasteiger partial charge in [-0.1, -0.05) is 12.1 Å². The smallest absolute Gasteiger partial charge is 0.333 e. The molecular weight excluding hydrogens is 461 g/mol. The Morgan fingerprint density at radius 1 is 1.24 bits per heavy atom. The normalized spacial score (nSPS) is 20.9. The first-order chi connectivity index (χ1) is 15.9. The number of hydrogen-bond acceptors (Lipinski definition) is 8. The number of halogens is 1. The van der Waals surface area contributed by atoms with Gasteiger partial charge in [0, 0.05) is 33.7 Å². The third kappa shape index (κ3) is 6.70. The van der Waals surface area contributed by atoms with Gasteiger partial charge in [-0.2, -0.15) is 5.26 Å². The van der Waals surface area contributed by atoms with Crippen LogP contribution in [0.4, 0.5) is 4.39 Å². The Labute approximate surface area is 205 Å². The van der Waals surface area contributed by atoms with E-state index in [1.165, 1.54) is 29.0 Å². The summed E-state index contributed by atoms with van der Waals surface area (Å²) in [5.74, 6) is -1.63. The summed E-state index contributed by atoms with van der Waals surface area (Å²) in [6, 6.07) is 6.96. The Morgan fingerprint density at radius 3 is 2.44 bits per heavy atom. The minimum absolute atomic E-state index is 0.122. The fourth-order valence-corrected chi connectivity index (χ4v) is 3.71. The molecule has 2 unspecified atom stereocenters. The zero-order valence-electron chi connectivity index (χ0n) is 20.2. The van der Waals surface area contributed by atoms with Crippen LogP contribution in [0, 0.1) is 17.1 Å². The number of nitriles is 1. The number of carbonyl (C=O) groups is 2. The number of thiocarbonyl (C=S) groups is 1. The largest absolute Gasteiger partial charge is 0.458 e. The van der Waals surface area contributed by atoms with Crippen LogP contribution in [-0.4, -0.2) is 84.4 Å². The number of benzene rings is 1. The fourth-order valence-electron chi connectivity index (χ4n) is 3.52. The van der Waals surface area contributed by atoms with Gasteiger partial charge in [-0.15, -0.1) is 0 Å². The van der Waals surface area contributed by atoms with E-state index >= 15 is 0 Å². The van der Waals surface area contributed by atoms with Crippen LogP contribution in [0.2, 0.25) is 0 Å². The van der Waals surface area contributed by atoms with Crippen molar-refractivity contribution in [3.63, 3.8) is 0 Å². The van der Waals surface area contributed by atoms with Crippen molar-refractivity contribution in [2.75, 3.05) is 40.4 Å². The number of nitrogens with zero attached hydrogens (tertiary/aromatic N) is 3. The van der Waals surface area contributed by atoms with E-state index < -0.39 is 29.1 Å². The van der Waals surface area contributed by atoms with Crippen LogP contribution >= 0.6 is 12.2 Å². The molecule has 186 valence electrons. The van der Waals surface area contributed by atoms with Crippen molar-refractivity contribution in [2.45, 2.75) is 44.5 Å². The van der Waals surface area contributed by atoms with Gasteiger partial charge in [0.2, 0.25) is 5.54 Å². The lowest BCUT2D eigenvalue weighted by molar-refractivity contribution is -0.166. The molecule has 1 saturated heterocycles. The van der Waals surface area contributed by atoms with E-state index in [2.05, 4.69) is 10.6 Å². The van der Waals surface area contributed by atoms with Gasteiger partial charge in [0.1, 0.15) is 11.4 Å². The first-order valence-electron chi connectivity index (χ1n) is 10.9. The fraction of sp³-hybridized carbons (Fsp3) is 0.565. The number of rotatable bonds is 10. The third-order valence-electron chi connectivity index (χ3n) is 5.15. The molecule has 1 aliphatic rings. The Balaban J connectivity index is 1.94. The molecule has 2 atom stereocenters. The maximum Gasteiger partial charge on any atom is 0.333 e. The van der Waals surface area contributed by atoms with Crippen LogP contribution in [-0.2, 0) is 25.6 Å². The van der Waals surface area contributed by atoms with E-state index in [1.807, 2.05) is 6.07 Å². The second-order valence-corrected chi connectivity index (χ2v) is 9.32. The molecule has 0 bridgehead atoms. The quantitative estimate of drug-likeness (QED) is 0.282. The molecular formula is C23H32FN5O4S. The lowest BCUT2D eigenvalue weighted by Gasteiger charge is -2.47. The van der Waals surface area contributed by atoms with Gasteiger partial charge in [-0.25, -0.2) is 9.18 Å². The molecule has 0 aromatic heterocycles. The molecule has 0 spiro atoms. The third-order valence-corrected chi connectivity index (χ3v) is 5.71. The Hall–Kier alpha value is -2.65. The number of likely N-dealkylation sites (N-methyl/N-ethyl adjacent to an activating group) is 2. The van der Waals surface area contributed by atoms with Gasteiger partial charge >= 0.3 is 5.97 Å². The molecule has 0 aliphatic carbocycles. The summed E-state index contributed by atoms with van der Waals surface area (Å²) in [5, 5.41) is 16.3. The molecule has 0 saturated carbocycles. The van der Waals surface area contributed by atoms with Gasteiger partial charge in [0.15, 0.2) is 11.2 Å². The molecule has 1 amide bonds. The summed E-state index contributed by atoms with van der Waals surface area (Å²) in [7, 11) is 3.01. The number of ether oxygens (including phenoxy) is 2. The second-order valence-electron chi connectivity index (χ2n) is 8.96. The Morgan fingerprint density at radius 2 is 1.85 bits per heavy atom. The summed E-state index contributed by atoms with van der Waals surface area (Å²) in [6.07, 6.45) is 0. The number of hydrogen-bond donors (Lipinski definition) is 2. The average molecular weight is 494 g/mol. The molecule has 34 heavy (non-hydrogen) atoms. The van der Waals surface area contributed by atoms with Gasteiger partial charge in [-0.05, 0) is 50.7 Å². The average Bonchev–Trinajstić information content (AvgIpc) is 2.77. The minimum atomic E-state index is -1.89. The summed E-state index contributed by atoms with van der Waals surface area (Å²) in [6.45, 7) is 6.98. The SMILES string of the molecule is CN1C(=O)C(C#N)(NCCOCCNCc2ccc(F)cc2)C(C(=O)OC(C)(C)C)N(C)C1=S. The molecule has 11 heteroatoms. The molecule has 1 fully saturated rings. The molecule has 1 aromatic rings. The standard InChI is InChI=1S/C23H32FN5O4S/c1-22(2,3)33-19(30)18-23(15-25,20(31)29(5)21(34)28(18)4)27-11-13-32-12-10-26-14-16-6-8-17(24)9-7-16/h6-9,18,26-27H,10-14H2,1-5H3. The molecule has 0 radical (unpaired) electrons. The van der Waals surface area contributed by atoms with Crippen LogP contribution in [0.1, 0.15) is 26.3 Å². The molecule has 1 aliphatic heterocycles. The van der Waals surface area contributed by atoms with Crippen LogP contribution < -0.4 is 10.6 Å². The number of esters is 1. The van der Waals surface area contributed by atoms with Crippen molar-refractivity contribution in [1.29, 1.82) is 5.26 Å². The highest BCUT2D eigenvalue weighted by molar-refractivity contribution is 7.80. The lowest BCUT2D eigenvalue weighted by atomic mass is 9.86. The molecule has 2 rings (SSSR count). The predicted octanol–water partition coefficient (Wildman–Crippen LogP) is 1.18. The highest BCUT2D eigenvalue weighted by Gasteiger charge is 2.59. The zero-order valence-corrected chi connectivity index (χ0v) is 21.0. The van der Waals surface area contributed by atoms with Crippen molar-refractivity contribution in [3.8, 4) is 6.07 Å². The van der Waals surface area contributed by atoms with Crippen LogP contribution in [0.15, 0.2) is 24.3 Å². The van der Waals surface area contributed by atoms with E-state index in [9.17, 15) is 19.2 Å². The monoisotopic (exact) mass is 493 g/mol. The Bertz CT molecular complexity index is 931. The summed E-state index contributed by atoms with van der Waals surface area (Å²) in [5.41, 5.74) is -1.75. The zero-order chi connectivity index (χ0) is 25.5. The maximum atomic E-state index is 13.1. The van der Waals surface area contributed by atoms with E-state index in [0.717, 1.165) is 5.56 Å². The van der Waals surface area contributed by atoms with Gasteiger partial charge < -0.3 is 19.7 Å². The number of amides is 1. The molecule has 1 heterocycles. The van der Waals surface area contributed by atoms with Crippen LogP contribution in [0.5, 0.6) is 0 Å². The number of nitrogens with one attached hydrogen (secondary N) is 2. The van der Waals surface area contributed by atoms with E-state index in [1.54, 1.807) is 40.0 Å². The number of carbonyl (C=O) groups excluding carboxylic acids is 2. The van der Waals surface area contributed by atoms with E-state index in [4.69, 9.17) is 21.7 Å². The summed E-state index contributed by atoms with van der Waals surface area (Å²) < 4.78 is 24.0. The van der Waals surface area contributed by atoms with E-state index in [0.29, 0.717) is 19.7 Å². The van der Waals surface area contributed by atoms with E-state index in [-0.39, 0.29) is 24.1 Å². The Kier molecular flexibility index (Phi) is 9.46. The highest BCUT2D eigenvalue weighted by Crippen LogP contribution is 2.27. The summed E-state index contributed by atoms with van der Waals surface area (Å²) in [4.78, 5) is 28.7. The van der Waals surface area contributed by atoms with Gasteiger partial charge in [0.05, 0.1) is 19.3 Å². The maximum absolute atomic E-state index is 13.1. The molecule has 1 aromatic carbocycles. The molecule has 9 nitrogen and oxygen atoms in total. The topological polar surface area (TPSA) is 107 Å². The minimum Gasteiger partial charge on any atom is -0.458 e. The van der Waals surface area contributed by atoms with Crippen LogP contribution in [0.25, 0.3) is 0 Å². The first kappa shape index (κ1) is 27.6.